The molecular formula is C17H20FN3O3. The van der Waals surface area contributed by atoms with Crippen molar-refractivity contribution >= 4 is 6.09 Å². The molecule has 128 valence electrons. The van der Waals surface area contributed by atoms with Crippen LogP contribution in [0.15, 0.2) is 22.7 Å². The normalized spacial score (nSPS) is 17.5. The molecule has 0 unspecified atom stereocenters. The van der Waals surface area contributed by atoms with Gasteiger partial charge in [-0.05, 0) is 51.8 Å². The minimum Gasteiger partial charge on any atom is -0.444 e. The Morgan fingerprint density at radius 2 is 2.17 bits per heavy atom. The fraction of sp³-hybridized carbons (Fsp3) is 0.471. The maximum atomic E-state index is 13.7. The number of halogens is 1. The highest BCUT2D eigenvalue weighted by atomic mass is 19.1. The third kappa shape index (κ3) is 3.11. The quantitative estimate of drug-likeness (QED) is 0.834. The summed E-state index contributed by atoms with van der Waals surface area (Å²) in [5, 5.41) is 3.96. The lowest BCUT2D eigenvalue weighted by Crippen LogP contribution is -2.47. The third-order valence-electron chi connectivity index (χ3n) is 3.89. The summed E-state index contributed by atoms with van der Waals surface area (Å²) in [6.45, 7) is 7.70. The molecule has 0 bridgehead atoms. The lowest BCUT2D eigenvalue weighted by Gasteiger charge is -2.39. The number of nitrogens with zero attached hydrogens (tertiary/aromatic N) is 3. The fourth-order valence-corrected chi connectivity index (χ4v) is 2.51. The molecule has 7 heteroatoms. The fourth-order valence-electron chi connectivity index (χ4n) is 2.51. The number of carbonyl (C=O) groups excluding carboxylic acids is 1. The number of amides is 1. The van der Waals surface area contributed by atoms with Crippen LogP contribution in [-0.2, 0) is 4.74 Å². The van der Waals surface area contributed by atoms with Crippen molar-refractivity contribution in [2.75, 3.05) is 6.54 Å². The molecule has 0 N–H and O–H groups in total. The molecule has 6 nitrogen and oxygen atoms in total. The molecule has 24 heavy (non-hydrogen) atoms. The highest BCUT2D eigenvalue weighted by molar-refractivity contribution is 5.69. The lowest BCUT2D eigenvalue weighted by molar-refractivity contribution is -0.00772. The molecule has 1 aliphatic heterocycles. The standard InChI is InChI=1S/C17H20FN3O3/c1-10-11(6-5-7-12(10)18)15-19-14(20-24-15)13-8-9-21(13)16(22)23-17(2,3)4/h5-7,13H,8-9H2,1-4H3/t13-/m0/s1. The lowest BCUT2D eigenvalue weighted by atomic mass is 10.0. The van der Waals surface area contributed by atoms with Gasteiger partial charge < -0.3 is 9.26 Å². The van der Waals surface area contributed by atoms with Gasteiger partial charge in [-0.15, -0.1) is 0 Å². The van der Waals surface area contributed by atoms with E-state index in [0.29, 0.717) is 23.5 Å². The average molecular weight is 333 g/mol. The molecule has 1 amide bonds. The van der Waals surface area contributed by atoms with E-state index in [9.17, 15) is 9.18 Å². The van der Waals surface area contributed by atoms with Gasteiger partial charge in [-0.2, -0.15) is 4.98 Å². The summed E-state index contributed by atoms with van der Waals surface area (Å²) in [5.41, 5.74) is 0.445. The monoisotopic (exact) mass is 333 g/mol. The molecule has 0 aliphatic carbocycles. The summed E-state index contributed by atoms with van der Waals surface area (Å²) in [6, 6.07) is 4.43. The van der Waals surface area contributed by atoms with Gasteiger partial charge in [-0.3, -0.25) is 4.90 Å². The summed E-state index contributed by atoms with van der Waals surface area (Å²) < 4.78 is 24.3. The molecule has 1 atom stereocenters. The van der Waals surface area contributed by atoms with Gasteiger partial charge in [0.05, 0.1) is 0 Å². The van der Waals surface area contributed by atoms with Crippen LogP contribution in [0.4, 0.5) is 9.18 Å². The maximum absolute atomic E-state index is 13.7. The summed E-state index contributed by atoms with van der Waals surface area (Å²) in [7, 11) is 0. The van der Waals surface area contributed by atoms with E-state index < -0.39 is 11.7 Å². The largest absolute Gasteiger partial charge is 0.444 e. The van der Waals surface area contributed by atoms with Crippen LogP contribution in [0.1, 0.15) is 44.6 Å². The van der Waals surface area contributed by atoms with Crippen LogP contribution in [-0.4, -0.2) is 33.3 Å². The average Bonchev–Trinajstić information content (AvgIpc) is 2.87. The van der Waals surface area contributed by atoms with E-state index in [2.05, 4.69) is 10.1 Å². The SMILES string of the molecule is Cc1c(F)cccc1-c1nc([C@@H]2CCN2C(=O)OC(C)(C)C)no1. The van der Waals surface area contributed by atoms with Gasteiger partial charge in [0.1, 0.15) is 17.5 Å². The second kappa shape index (κ2) is 5.89. The van der Waals surface area contributed by atoms with E-state index in [1.54, 1.807) is 24.0 Å². The van der Waals surface area contributed by atoms with Crippen molar-refractivity contribution in [2.24, 2.45) is 0 Å². The molecule has 3 rings (SSSR count). The number of hydrogen-bond acceptors (Lipinski definition) is 5. The highest BCUT2D eigenvalue weighted by Crippen LogP contribution is 2.34. The summed E-state index contributed by atoms with van der Waals surface area (Å²) in [5.74, 6) is 0.329. The summed E-state index contributed by atoms with van der Waals surface area (Å²) in [6.07, 6.45) is 0.340. The Bertz CT molecular complexity index is 767. The van der Waals surface area contributed by atoms with Crippen LogP contribution in [0.2, 0.25) is 0 Å². The molecule has 0 radical (unpaired) electrons. The van der Waals surface area contributed by atoms with Crippen LogP contribution in [0.5, 0.6) is 0 Å². The van der Waals surface area contributed by atoms with Crippen LogP contribution < -0.4 is 0 Å². The van der Waals surface area contributed by atoms with Crippen LogP contribution in [0, 0.1) is 12.7 Å². The van der Waals surface area contributed by atoms with E-state index in [-0.39, 0.29) is 17.7 Å². The molecule has 0 saturated carbocycles. The van der Waals surface area contributed by atoms with Gasteiger partial charge in [0, 0.05) is 12.1 Å². The maximum Gasteiger partial charge on any atom is 0.410 e. The van der Waals surface area contributed by atoms with Gasteiger partial charge in [0.15, 0.2) is 5.82 Å². The molecule has 1 fully saturated rings. The van der Waals surface area contributed by atoms with Crippen molar-refractivity contribution in [2.45, 2.75) is 45.8 Å². The van der Waals surface area contributed by atoms with Crippen LogP contribution >= 0.6 is 0 Å². The second-order valence-corrected chi connectivity index (χ2v) is 6.85. The number of benzene rings is 1. The molecular weight excluding hydrogens is 313 g/mol. The van der Waals surface area contributed by atoms with E-state index in [4.69, 9.17) is 9.26 Å². The Balaban J connectivity index is 1.79. The Kier molecular flexibility index (Phi) is 4.03. The van der Waals surface area contributed by atoms with Gasteiger partial charge in [0.2, 0.25) is 0 Å². The van der Waals surface area contributed by atoms with E-state index >= 15 is 0 Å². The van der Waals surface area contributed by atoms with Crippen molar-refractivity contribution in [1.82, 2.24) is 15.0 Å². The zero-order valence-electron chi connectivity index (χ0n) is 14.2. The molecule has 1 aromatic heterocycles. The van der Waals surface area contributed by atoms with Crippen LogP contribution in [0.25, 0.3) is 11.5 Å². The molecule has 2 heterocycles. The predicted octanol–water partition coefficient (Wildman–Crippen LogP) is 3.87. The number of rotatable bonds is 2. The number of carbonyl (C=O) groups is 1. The van der Waals surface area contributed by atoms with Gasteiger partial charge >= 0.3 is 6.09 Å². The topological polar surface area (TPSA) is 68.5 Å². The molecule has 1 saturated heterocycles. The van der Waals surface area contributed by atoms with Crippen molar-refractivity contribution in [1.29, 1.82) is 0 Å². The van der Waals surface area contributed by atoms with Crippen LogP contribution in [0.3, 0.4) is 0 Å². The molecule has 0 spiro atoms. The van der Waals surface area contributed by atoms with E-state index in [1.807, 2.05) is 20.8 Å². The highest BCUT2D eigenvalue weighted by Gasteiger charge is 2.39. The van der Waals surface area contributed by atoms with Gasteiger partial charge in [0.25, 0.3) is 5.89 Å². The minimum absolute atomic E-state index is 0.248. The number of aromatic nitrogens is 2. The zero-order chi connectivity index (χ0) is 17.5. The molecule has 2 aromatic rings. The predicted molar refractivity (Wildman–Crippen MR) is 84.7 cm³/mol. The first kappa shape index (κ1) is 16.4. The second-order valence-electron chi connectivity index (χ2n) is 6.85. The molecule has 1 aliphatic rings. The number of likely N-dealkylation sites (tertiary alicyclic amines) is 1. The Hall–Kier alpha value is -2.44. The van der Waals surface area contributed by atoms with Crippen molar-refractivity contribution < 1.29 is 18.4 Å². The van der Waals surface area contributed by atoms with Crippen molar-refractivity contribution in [3.05, 3.63) is 35.4 Å². The third-order valence-corrected chi connectivity index (χ3v) is 3.89. The number of ether oxygens (including phenoxy) is 1. The number of hydrogen-bond donors (Lipinski definition) is 0. The summed E-state index contributed by atoms with van der Waals surface area (Å²) >= 11 is 0. The smallest absolute Gasteiger partial charge is 0.410 e. The van der Waals surface area contributed by atoms with Gasteiger partial charge in [-0.25, -0.2) is 9.18 Å². The minimum atomic E-state index is -0.557. The van der Waals surface area contributed by atoms with Gasteiger partial charge in [-0.1, -0.05) is 11.2 Å². The Morgan fingerprint density at radius 1 is 1.42 bits per heavy atom. The van der Waals surface area contributed by atoms with E-state index in [0.717, 1.165) is 6.42 Å². The van der Waals surface area contributed by atoms with Crippen molar-refractivity contribution in [3.8, 4) is 11.5 Å². The van der Waals surface area contributed by atoms with Crippen molar-refractivity contribution in [3.63, 3.8) is 0 Å². The summed E-state index contributed by atoms with van der Waals surface area (Å²) in [4.78, 5) is 18.1. The van der Waals surface area contributed by atoms with E-state index in [1.165, 1.54) is 6.07 Å². The first-order chi connectivity index (χ1) is 11.3. The Labute approximate surface area is 139 Å². The Morgan fingerprint density at radius 3 is 2.79 bits per heavy atom. The first-order valence-corrected chi connectivity index (χ1v) is 7.85. The zero-order valence-corrected chi connectivity index (χ0v) is 14.2. The first-order valence-electron chi connectivity index (χ1n) is 7.85. The molecule has 1 aromatic carbocycles.